The Labute approximate surface area is 335 Å². The van der Waals surface area contributed by atoms with Gasteiger partial charge in [-0.2, -0.15) is 0 Å². The minimum atomic E-state index is -3.05. The molecular weight excluding hydrogens is 735 g/mol. The number of benzene rings is 4. The molecule has 0 saturated carbocycles. The molecule has 1 aliphatic carbocycles. The monoisotopic (exact) mass is 784 g/mol. The van der Waals surface area contributed by atoms with Gasteiger partial charge in [-0.15, -0.1) is 0 Å². The quantitative estimate of drug-likeness (QED) is 0.0497. The zero-order valence-corrected chi connectivity index (χ0v) is 33.8. The summed E-state index contributed by atoms with van der Waals surface area (Å²) >= 11 is 0. The van der Waals surface area contributed by atoms with Crippen molar-refractivity contribution in [3.05, 3.63) is 142 Å². The summed E-state index contributed by atoms with van der Waals surface area (Å²) in [4.78, 5) is 41.2. The number of amides is 2. The predicted octanol–water partition coefficient (Wildman–Crippen LogP) is 7.45. The van der Waals surface area contributed by atoms with Crippen LogP contribution in [0.2, 0.25) is 11.4 Å². The normalized spacial score (nSPS) is 21.5. The van der Waals surface area contributed by atoms with E-state index in [1.165, 1.54) is 18.2 Å². The van der Waals surface area contributed by atoms with Gasteiger partial charge in [-0.3, -0.25) is 19.7 Å². The Morgan fingerprint density at radius 1 is 0.947 bits per heavy atom. The lowest BCUT2D eigenvalue weighted by atomic mass is 9.58. The number of fused-ring (bicyclic) bond motifs is 3. The first kappa shape index (κ1) is 40.1. The maximum atomic E-state index is 14.5. The summed E-state index contributed by atoms with van der Waals surface area (Å²) in [6.45, 7) is 8.87. The van der Waals surface area contributed by atoms with Crippen LogP contribution in [0.25, 0.3) is 6.08 Å². The number of para-hydroxylation sites is 1. The number of carbonyl (C=O) groups excluding carboxylic acids is 2. The van der Waals surface area contributed by atoms with Gasteiger partial charge in [0.1, 0.15) is 5.75 Å². The molecule has 4 atom stereocenters. The van der Waals surface area contributed by atoms with E-state index in [1.807, 2.05) is 54.6 Å². The van der Waals surface area contributed by atoms with Crippen LogP contribution >= 0.6 is 0 Å². The third kappa shape index (κ3) is 7.67. The fraction of sp³-hybridized carbons (Fsp3) is 0.333. The lowest BCUT2D eigenvalue weighted by Crippen LogP contribution is -2.66. The molecule has 2 fully saturated rings. The Hall–Kier alpha value is -5.14. The largest absolute Gasteiger partial charge is 0.507 e. The number of anilines is 1. The fourth-order valence-electron chi connectivity index (χ4n) is 9.35. The molecule has 2 saturated heterocycles. The van der Waals surface area contributed by atoms with E-state index >= 15 is 0 Å². The van der Waals surface area contributed by atoms with Crippen LogP contribution in [0.5, 0.6) is 5.75 Å². The SMILES string of the molecule is CC/C(=C\c1ccccc1O)CC[C@H]1OB(O)C[C@H]2C1=C(CO[Si](c1ccccc1)(c1ccccc1)C(C)(C)C)C[C@H]1C(=O)N(c3cccc([N+](=O)[O-])c3)C(=O)[C@H]12. The second-order valence-corrected chi connectivity index (χ2v) is 20.6. The second-order valence-electron chi connectivity index (χ2n) is 16.3. The molecule has 12 heteroatoms. The third-order valence-corrected chi connectivity index (χ3v) is 16.9. The summed E-state index contributed by atoms with van der Waals surface area (Å²) in [7, 11) is -4.22. The first-order valence-electron chi connectivity index (χ1n) is 19.7. The molecule has 57 heavy (non-hydrogen) atoms. The van der Waals surface area contributed by atoms with Crippen LogP contribution in [0, 0.1) is 27.9 Å². The van der Waals surface area contributed by atoms with Gasteiger partial charge in [-0.25, -0.2) is 4.90 Å². The topological polar surface area (TPSA) is 139 Å². The molecule has 0 spiro atoms. The van der Waals surface area contributed by atoms with Gasteiger partial charge < -0.3 is 19.2 Å². The highest BCUT2D eigenvalue weighted by atomic mass is 28.4. The van der Waals surface area contributed by atoms with Gasteiger partial charge in [-0.1, -0.05) is 124 Å². The van der Waals surface area contributed by atoms with Crippen molar-refractivity contribution in [2.45, 2.75) is 70.8 Å². The minimum Gasteiger partial charge on any atom is -0.507 e. The van der Waals surface area contributed by atoms with E-state index in [2.05, 4.69) is 52.0 Å². The number of allylic oxidation sites excluding steroid dienone is 1. The van der Waals surface area contributed by atoms with Gasteiger partial charge in [0.15, 0.2) is 0 Å². The molecule has 0 bridgehead atoms. The van der Waals surface area contributed by atoms with E-state index in [1.54, 1.807) is 18.2 Å². The van der Waals surface area contributed by atoms with Crippen LogP contribution in [0.1, 0.15) is 58.9 Å². The highest BCUT2D eigenvalue weighted by Crippen LogP contribution is 2.52. The van der Waals surface area contributed by atoms with Crippen LogP contribution < -0.4 is 15.3 Å². The number of nitrogens with zero attached hydrogens (tertiary/aromatic N) is 2. The molecule has 0 unspecified atom stereocenters. The van der Waals surface area contributed by atoms with Crippen molar-refractivity contribution in [2.24, 2.45) is 17.8 Å². The van der Waals surface area contributed by atoms with Crippen LogP contribution in [-0.4, -0.2) is 55.0 Å². The fourth-order valence-corrected chi connectivity index (χ4v) is 13.9. The number of nitro groups is 1. The molecule has 3 aliphatic rings. The Morgan fingerprint density at radius 3 is 2.21 bits per heavy atom. The number of phenols is 1. The molecule has 4 aromatic rings. The van der Waals surface area contributed by atoms with Crippen LogP contribution in [-0.2, 0) is 18.7 Å². The maximum Gasteiger partial charge on any atom is 0.455 e. The van der Waals surface area contributed by atoms with Crippen molar-refractivity contribution < 1.29 is 33.7 Å². The number of aromatic hydroxyl groups is 1. The highest BCUT2D eigenvalue weighted by molar-refractivity contribution is 6.99. The number of carbonyl (C=O) groups is 2. The summed E-state index contributed by atoms with van der Waals surface area (Å²) in [6.07, 6.45) is 3.59. The molecule has 10 nitrogen and oxygen atoms in total. The molecule has 2 amide bonds. The number of phenolic OH excluding ortho intramolecular Hbond substituents is 1. The number of rotatable bonds is 12. The van der Waals surface area contributed by atoms with Gasteiger partial charge in [0, 0.05) is 17.7 Å². The Morgan fingerprint density at radius 2 is 1.60 bits per heavy atom. The van der Waals surface area contributed by atoms with Crippen molar-refractivity contribution in [1.29, 1.82) is 0 Å². The summed E-state index contributed by atoms with van der Waals surface area (Å²) in [5.41, 5.74) is 3.51. The van der Waals surface area contributed by atoms with Gasteiger partial charge in [-0.05, 0) is 76.6 Å². The Kier molecular flexibility index (Phi) is 11.5. The van der Waals surface area contributed by atoms with E-state index < -0.39 is 56.0 Å². The number of imide groups is 1. The van der Waals surface area contributed by atoms with Crippen molar-refractivity contribution in [3.63, 3.8) is 0 Å². The van der Waals surface area contributed by atoms with Gasteiger partial charge in [0.2, 0.25) is 11.8 Å². The minimum absolute atomic E-state index is 0.117. The molecule has 0 aromatic heterocycles. The van der Waals surface area contributed by atoms with Crippen molar-refractivity contribution >= 4 is 55.1 Å². The van der Waals surface area contributed by atoms with E-state index in [9.17, 15) is 29.8 Å². The summed E-state index contributed by atoms with van der Waals surface area (Å²) in [5, 5.41) is 35.4. The third-order valence-electron chi connectivity index (χ3n) is 12.0. The van der Waals surface area contributed by atoms with Crippen molar-refractivity contribution in [2.75, 3.05) is 11.5 Å². The smallest absolute Gasteiger partial charge is 0.455 e. The van der Waals surface area contributed by atoms with Crippen LogP contribution in [0.3, 0.4) is 0 Å². The van der Waals surface area contributed by atoms with Gasteiger partial charge in [0.25, 0.3) is 14.0 Å². The average molecular weight is 785 g/mol. The maximum absolute atomic E-state index is 14.5. The number of nitro benzene ring substituents is 1. The first-order chi connectivity index (χ1) is 27.3. The highest BCUT2D eigenvalue weighted by Gasteiger charge is 2.58. The number of hydrogen-bond acceptors (Lipinski definition) is 8. The van der Waals surface area contributed by atoms with E-state index in [0.717, 1.165) is 38.4 Å². The Balaban J connectivity index is 1.32. The zero-order valence-electron chi connectivity index (χ0n) is 32.8. The molecule has 2 N–H and O–H groups in total. The number of non-ortho nitro benzene ring substituents is 1. The van der Waals surface area contributed by atoms with Gasteiger partial charge >= 0.3 is 7.12 Å². The average Bonchev–Trinajstić information content (AvgIpc) is 3.45. The second kappa shape index (κ2) is 16.4. The Bertz CT molecular complexity index is 2170. The predicted molar refractivity (Wildman–Crippen MR) is 225 cm³/mol. The molecule has 2 aliphatic heterocycles. The zero-order chi connectivity index (χ0) is 40.5. The molecule has 0 radical (unpaired) electrons. The molecule has 294 valence electrons. The van der Waals surface area contributed by atoms with E-state index in [4.69, 9.17) is 9.08 Å². The summed E-state index contributed by atoms with van der Waals surface area (Å²) in [6, 6.07) is 33.4. The molecule has 4 aromatic carbocycles. The molecular formula is C45H49BN2O8Si. The summed E-state index contributed by atoms with van der Waals surface area (Å²) in [5.74, 6) is -2.71. The van der Waals surface area contributed by atoms with E-state index in [0.29, 0.717) is 18.4 Å². The van der Waals surface area contributed by atoms with Crippen molar-refractivity contribution in [3.8, 4) is 5.75 Å². The molecule has 2 heterocycles. The molecule has 7 rings (SSSR count). The standard InChI is InChI=1S/C45H49BN2O8Si/c1-5-30(25-31-15-12-13-22-39(31)49)23-24-40-41-32(29-55-57(45(2,3)4,35-18-8-6-9-19-35)36-20-10-7-11-21-36)26-37-42(38(41)28-46(52)56-40)44(51)47(43(37)50)33-16-14-17-34(27-33)48(53)54/h6-22,25,27,37-38,40,42,49,52H,5,23-24,26,28-29H2,1-4H3/b30-25+/t37-,38+,40-,42-/m1/s1. The van der Waals surface area contributed by atoms with Gasteiger partial charge in [0.05, 0.1) is 35.2 Å². The summed E-state index contributed by atoms with van der Waals surface area (Å²) < 4.78 is 13.9. The number of hydrogen-bond donors (Lipinski definition) is 2. The lowest BCUT2D eigenvalue weighted by Gasteiger charge is -2.46. The van der Waals surface area contributed by atoms with Crippen LogP contribution in [0.4, 0.5) is 11.4 Å². The lowest BCUT2D eigenvalue weighted by molar-refractivity contribution is -0.384. The van der Waals surface area contributed by atoms with Crippen molar-refractivity contribution in [1.82, 2.24) is 0 Å². The van der Waals surface area contributed by atoms with E-state index in [-0.39, 0.29) is 41.5 Å². The first-order valence-corrected chi connectivity index (χ1v) is 21.6. The van der Waals surface area contributed by atoms with Crippen LogP contribution in [0.15, 0.2) is 126 Å².